The van der Waals surface area contributed by atoms with E-state index in [4.69, 9.17) is 10.1 Å². The monoisotopic (exact) mass is 391 g/mol. The Bertz CT molecular complexity index is 1040. The Morgan fingerprint density at radius 1 is 1.00 bits per heavy atom. The Balaban J connectivity index is 1.48. The first-order valence-electron chi connectivity index (χ1n) is 8.72. The molecule has 140 valence electrons. The maximum atomic E-state index is 12.2. The fraction of sp³-hybridized carbons (Fsp3) is 0.0952. The first kappa shape index (κ1) is 18.1. The molecule has 2 amide bonds. The van der Waals surface area contributed by atoms with Crippen molar-refractivity contribution in [3.63, 3.8) is 0 Å². The van der Waals surface area contributed by atoms with Crippen molar-refractivity contribution in [3.8, 4) is 21.8 Å². The van der Waals surface area contributed by atoms with Crippen molar-refractivity contribution < 1.29 is 14.7 Å². The molecule has 3 aromatic rings. The topological polar surface area (TPSA) is 82.5 Å². The zero-order valence-corrected chi connectivity index (χ0v) is 15.6. The molecule has 0 saturated heterocycles. The fourth-order valence-corrected chi connectivity index (χ4v) is 3.74. The fourth-order valence-electron chi connectivity index (χ4n) is 2.91. The molecule has 0 saturated carbocycles. The van der Waals surface area contributed by atoms with E-state index in [1.54, 1.807) is 11.3 Å². The maximum absolute atomic E-state index is 12.2. The van der Waals surface area contributed by atoms with Gasteiger partial charge in [-0.2, -0.15) is 0 Å². The lowest BCUT2D eigenvalue weighted by atomic mass is 10.1. The molecule has 2 heterocycles. The van der Waals surface area contributed by atoms with E-state index in [1.165, 1.54) is 6.08 Å². The average Bonchev–Trinajstić information content (AvgIpc) is 3.31. The van der Waals surface area contributed by atoms with Crippen molar-refractivity contribution in [2.45, 2.75) is 0 Å². The molecule has 6 nitrogen and oxygen atoms in total. The molecule has 7 heteroatoms. The number of thiazole rings is 1. The van der Waals surface area contributed by atoms with Crippen LogP contribution < -0.4 is 5.32 Å². The normalized spacial score (nSPS) is 13.8. The highest BCUT2D eigenvalue weighted by atomic mass is 32.1. The van der Waals surface area contributed by atoms with Gasteiger partial charge in [0.2, 0.25) is 0 Å². The highest BCUT2D eigenvalue weighted by Gasteiger charge is 2.30. The van der Waals surface area contributed by atoms with Gasteiger partial charge in [0, 0.05) is 28.3 Å². The van der Waals surface area contributed by atoms with Gasteiger partial charge >= 0.3 is 0 Å². The Hall–Kier alpha value is -3.29. The standard InChI is InChI=1S/C21H17N3O3S/c25-11-10-24-19(26)12-17(21(24)27)22-16-8-6-14(7-9-16)18-13-28-20(23-18)15-4-2-1-3-5-15/h1-9,12-13,22,25H,10-11H2. The third-order valence-electron chi connectivity index (χ3n) is 4.32. The Kier molecular flexibility index (Phi) is 5.01. The quantitative estimate of drug-likeness (QED) is 0.631. The molecule has 1 aromatic heterocycles. The van der Waals surface area contributed by atoms with Crippen LogP contribution in [-0.4, -0.2) is 40.0 Å². The molecule has 2 aromatic carbocycles. The van der Waals surface area contributed by atoms with Gasteiger partial charge in [0.15, 0.2) is 0 Å². The minimum absolute atomic E-state index is 0.00808. The van der Waals surface area contributed by atoms with E-state index in [1.807, 2.05) is 60.0 Å². The highest BCUT2D eigenvalue weighted by Crippen LogP contribution is 2.29. The van der Waals surface area contributed by atoms with E-state index in [9.17, 15) is 9.59 Å². The largest absolute Gasteiger partial charge is 0.395 e. The second-order valence-electron chi connectivity index (χ2n) is 6.18. The molecule has 1 aliphatic rings. The molecule has 0 bridgehead atoms. The SMILES string of the molecule is O=C1C=C(Nc2ccc(-c3csc(-c4ccccc4)n3)cc2)C(=O)N1CCO. The zero-order valence-electron chi connectivity index (χ0n) is 14.8. The molecule has 4 rings (SSSR count). The van der Waals surface area contributed by atoms with Crippen molar-refractivity contribution in [2.24, 2.45) is 0 Å². The summed E-state index contributed by atoms with van der Waals surface area (Å²) in [5, 5.41) is 14.9. The molecule has 0 atom stereocenters. The number of hydrogen-bond acceptors (Lipinski definition) is 6. The number of rotatable bonds is 6. The van der Waals surface area contributed by atoms with E-state index in [0.29, 0.717) is 5.69 Å². The minimum Gasteiger partial charge on any atom is -0.395 e. The van der Waals surface area contributed by atoms with Crippen LogP contribution in [0, 0.1) is 0 Å². The molecule has 0 aliphatic carbocycles. The first-order chi connectivity index (χ1) is 13.7. The van der Waals surface area contributed by atoms with Gasteiger partial charge in [-0.25, -0.2) is 4.98 Å². The summed E-state index contributed by atoms with van der Waals surface area (Å²) in [5.41, 5.74) is 3.83. The number of aliphatic hydroxyl groups is 1. The van der Waals surface area contributed by atoms with E-state index >= 15 is 0 Å². The van der Waals surface area contributed by atoms with Crippen molar-refractivity contribution in [2.75, 3.05) is 18.5 Å². The summed E-state index contributed by atoms with van der Waals surface area (Å²) in [4.78, 5) is 29.7. The number of aromatic nitrogens is 1. The summed E-state index contributed by atoms with van der Waals surface area (Å²) in [6.07, 6.45) is 1.25. The summed E-state index contributed by atoms with van der Waals surface area (Å²) in [7, 11) is 0. The number of aliphatic hydroxyl groups excluding tert-OH is 1. The van der Waals surface area contributed by atoms with Gasteiger partial charge in [0.1, 0.15) is 10.7 Å². The van der Waals surface area contributed by atoms with Crippen molar-refractivity contribution in [1.29, 1.82) is 0 Å². The molecule has 1 aliphatic heterocycles. The van der Waals surface area contributed by atoms with Gasteiger partial charge in [-0.05, 0) is 12.1 Å². The summed E-state index contributed by atoms with van der Waals surface area (Å²) >= 11 is 1.59. The zero-order chi connectivity index (χ0) is 19.5. The molecule has 0 fully saturated rings. The number of nitrogens with zero attached hydrogens (tertiary/aromatic N) is 2. The lowest BCUT2D eigenvalue weighted by Crippen LogP contribution is -2.34. The van der Waals surface area contributed by atoms with Crippen LogP contribution in [0.2, 0.25) is 0 Å². The van der Waals surface area contributed by atoms with Crippen LogP contribution in [0.5, 0.6) is 0 Å². The van der Waals surface area contributed by atoms with Crippen LogP contribution in [0.1, 0.15) is 0 Å². The number of β-amino-alcohol motifs (C(OH)–C–C–N with tert-alkyl or cyclic N) is 1. The van der Waals surface area contributed by atoms with Crippen LogP contribution in [0.25, 0.3) is 21.8 Å². The van der Waals surface area contributed by atoms with Gasteiger partial charge in [-0.1, -0.05) is 42.5 Å². The average molecular weight is 391 g/mol. The number of amides is 2. The third-order valence-corrected chi connectivity index (χ3v) is 5.21. The second kappa shape index (κ2) is 7.75. The maximum Gasteiger partial charge on any atom is 0.277 e. The lowest BCUT2D eigenvalue weighted by Gasteiger charge is -2.13. The van der Waals surface area contributed by atoms with Crippen LogP contribution in [0.4, 0.5) is 5.69 Å². The summed E-state index contributed by atoms with van der Waals surface area (Å²) < 4.78 is 0. The molecule has 0 radical (unpaired) electrons. The second-order valence-corrected chi connectivity index (χ2v) is 7.04. The summed E-state index contributed by atoms with van der Waals surface area (Å²) in [6.45, 7) is -0.266. The van der Waals surface area contributed by atoms with Crippen molar-refractivity contribution in [3.05, 3.63) is 71.8 Å². The number of carbonyl (C=O) groups excluding carboxylic acids is 2. The van der Waals surface area contributed by atoms with Gasteiger partial charge < -0.3 is 10.4 Å². The van der Waals surface area contributed by atoms with Gasteiger partial charge in [0.25, 0.3) is 11.8 Å². The molecule has 0 spiro atoms. The van der Waals surface area contributed by atoms with E-state index < -0.39 is 11.8 Å². The van der Waals surface area contributed by atoms with Crippen LogP contribution in [0.3, 0.4) is 0 Å². The summed E-state index contributed by atoms with van der Waals surface area (Å²) in [5.74, 6) is -0.857. The highest BCUT2D eigenvalue weighted by molar-refractivity contribution is 7.13. The van der Waals surface area contributed by atoms with Gasteiger partial charge in [-0.15, -0.1) is 11.3 Å². The predicted molar refractivity (Wildman–Crippen MR) is 108 cm³/mol. The minimum atomic E-state index is -0.435. The lowest BCUT2D eigenvalue weighted by molar-refractivity contribution is -0.137. The smallest absolute Gasteiger partial charge is 0.277 e. The Morgan fingerprint density at radius 2 is 1.75 bits per heavy atom. The predicted octanol–water partition coefficient (Wildman–Crippen LogP) is 3.13. The number of imide groups is 1. The number of hydrogen-bond donors (Lipinski definition) is 2. The van der Waals surface area contributed by atoms with Crippen LogP contribution >= 0.6 is 11.3 Å². The van der Waals surface area contributed by atoms with Gasteiger partial charge in [0.05, 0.1) is 18.8 Å². The van der Waals surface area contributed by atoms with Crippen LogP contribution in [0.15, 0.2) is 71.8 Å². The number of carbonyl (C=O) groups is 2. The number of anilines is 1. The summed E-state index contributed by atoms with van der Waals surface area (Å²) in [6, 6.07) is 17.5. The first-order valence-corrected chi connectivity index (χ1v) is 9.60. The van der Waals surface area contributed by atoms with E-state index in [2.05, 4.69) is 5.32 Å². The van der Waals surface area contributed by atoms with Crippen LogP contribution in [-0.2, 0) is 9.59 Å². The molecular formula is C21H17N3O3S. The van der Waals surface area contributed by atoms with E-state index in [0.717, 1.165) is 26.7 Å². The number of nitrogens with one attached hydrogen (secondary N) is 1. The van der Waals surface area contributed by atoms with E-state index in [-0.39, 0.29) is 18.8 Å². The van der Waals surface area contributed by atoms with Crippen molar-refractivity contribution in [1.82, 2.24) is 9.88 Å². The van der Waals surface area contributed by atoms with Crippen molar-refractivity contribution >= 4 is 28.8 Å². The molecule has 2 N–H and O–H groups in total. The Morgan fingerprint density at radius 3 is 2.46 bits per heavy atom. The van der Waals surface area contributed by atoms with Gasteiger partial charge in [-0.3, -0.25) is 14.5 Å². The Labute approximate surface area is 165 Å². The number of benzene rings is 2. The molecule has 28 heavy (non-hydrogen) atoms. The third kappa shape index (κ3) is 3.58. The molecule has 0 unspecified atom stereocenters. The molecular weight excluding hydrogens is 374 g/mol.